The number of allylic oxidation sites excluding steroid dienone is 2. The van der Waals surface area contributed by atoms with E-state index in [-0.39, 0.29) is 12.0 Å². The predicted octanol–water partition coefficient (Wildman–Crippen LogP) is 5.98. The Kier molecular flexibility index (Phi) is 10.5. The maximum absolute atomic E-state index is 13.2. The molecule has 0 amide bonds. The number of anilines is 1. The first-order valence-corrected chi connectivity index (χ1v) is 9.71. The molecule has 0 radical (unpaired) electrons. The number of benzene rings is 2. The van der Waals surface area contributed by atoms with Crippen LogP contribution in [-0.4, -0.2) is 13.6 Å². The molecule has 0 aliphatic heterocycles. The van der Waals surface area contributed by atoms with Crippen molar-refractivity contribution in [2.75, 3.05) is 18.9 Å². The zero-order valence-electron chi connectivity index (χ0n) is 17.5. The van der Waals surface area contributed by atoms with Crippen LogP contribution in [0.2, 0.25) is 0 Å². The standard InChI is InChI=1S/C23H25F3N2.CH5N/c1-4-16-27-22-13-9-7-11-20(22)17(3)28-19(5-2)15-14-18-10-6-8-12-21(18)23(24,25)26;1-2/h5-13,15,27-28H,2-4,14,16H2,1H3;2H2,1H3/b19-15+;. The number of halogens is 3. The molecular formula is C24H30F3N3. The first-order valence-electron chi connectivity index (χ1n) is 9.71. The monoisotopic (exact) mass is 417 g/mol. The van der Waals surface area contributed by atoms with Crippen molar-refractivity contribution < 1.29 is 13.2 Å². The molecule has 0 saturated heterocycles. The van der Waals surface area contributed by atoms with E-state index in [1.807, 2.05) is 24.3 Å². The molecular weight excluding hydrogens is 387 g/mol. The largest absolute Gasteiger partial charge is 0.416 e. The van der Waals surface area contributed by atoms with Crippen LogP contribution in [0.4, 0.5) is 18.9 Å². The van der Waals surface area contributed by atoms with Gasteiger partial charge in [0.05, 0.1) is 5.56 Å². The van der Waals surface area contributed by atoms with Gasteiger partial charge < -0.3 is 16.4 Å². The van der Waals surface area contributed by atoms with Gasteiger partial charge in [-0.3, -0.25) is 0 Å². The van der Waals surface area contributed by atoms with Crippen LogP contribution < -0.4 is 16.4 Å². The maximum Gasteiger partial charge on any atom is 0.416 e. The quantitative estimate of drug-likeness (QED) is 0.440. The van der Waals surface area contributed by atoms with Crippen molar-refractivity contribution in [3.8, 4) is 0 Å². The summed E-state index contributed by atoms with van der Waals surface area (Å²) in [5, 5.41) is 6.50. The third-order valence-corrected chi connectivity index (χ3v) is 4.20. The van der Waals surface area contributed by atoms with Gasteiger partial charge in [0, 0.05) is 29.2 Å². The van der Waals surface area contributed by atoms with Gasteiger partial charge in [-0.15, -0.1) is 0 Å². The SMILES string of the molecule is C=C/C(=C\Cc1ccccc1C(F)(F)F)NC(=C)c1ccccc1NCCC.CN. The van der Waals surface area contributed by atoms with Crippen LogP contribution >= 0.6 is 0 Å². The third kappa shape index (κ3) is 7.44. The Morgan fingerprint density at radius 3 is 2.33 bits per heavy atom. The molecule has 0 saturated carbocycles. The van der Waals surface area contributed by atoms with Crippen molar-refractivity contribution in [1.82, 2.24) is 5.32 Å². The van der Waals surface area contributed by atoms with Crippen LogP contribution in [0, 0.1) is 0 Å². The molecule has 0 unspecified atom stereocenters. The second-order valence-corrected chi connectivity index (χ2v) is 6.30. The number of alkyl halides is 3. The summed E-state index contributed by atoms with van der Waals surface area (Å²) in [7, 11) is 1.50. The highest BCUT2D eigenvalue weighted by atomic mass is 19.4. The average molecular weight is 418 g/mol. The van der Waals surface area contributed by atoms with Crippen LogP contribution in [0.1, 0.15) is 30.0 Å². The molecule has 0 aliphatic carbocycles. The Labute approximate surface area is 177 Å². The number of hydrogen-bond donors (Lipinski definition) is 3. The van der Waals surface area contributed by atoms with Crippen LogP contribution in [-0.2, 0) is 12.6 Å². The summed E-state index contributed by atoms with van der Waals surface area (Å²) in [4.78, 5) is 0. The van der Waals surface area contributed by atoms with Crippen LogP contribution in [0.5, 0.6) is 0 Å². The topological polar surface area (TPSA) is 50.1 Å². The number of nitrogens with one attached hydrogen (secondary N) is 2. The third-order valence-electron chi connectivity index (χ3n) is 4.20. The van der Waals surface area contributed by atoms with Gasteiger partial charge in [-0.1, -0.05) is 62.6 Å². The molecule has 0 bridgehead atoms. The van der Waals surface area contributed by atoms with Crippen molar-refractivity contribution in [2.24, 2.45) is 5.73 Å². The van der Waals surface area contributed by atoms with Crippen LogP contribution in [0.15, 0.2) is 79.5 Å². The molecule has 0 atom stereocenters. The van der Waals surface area contributed by atoms with E-state index in [9.17, 15) is 13.2 Å². The highest BCUT2D eigenvalue weighted by Gasteiger charge is 2.32. The van der Waals surface area contributed by atoms with Crippen molar-refractivity contribution in [3.05, 3.63) is 96.2 Å². The van der Waals surface area contributed by atoms with E-state index in [4.69, 9.17) is 0 Å². The Bertz CT molecular complexity index is 855. The molecule has 6 heteroatoms. The second kappa shape index (κ2) is 12.5. The lowest BCUT2D eigenvalue weighted by atomic mass is 10.0. The van der Waals surface area contributed by atoms with E-state index in [1.54, 1.807) is 18.2 Å². The Morgan fingerprint density at radius 2 is 1.70 bits per heavy atom. The van der Waals surface area contributed by atoms with Gasteiger partial charge in [-0.2, -0.15) is 13.2 Å². The van der Waals surface area contributed by atoms with E-state index >= 15 is 0 Å². The maximum atomic E-state index is 13.2. The molecule has 3 nitrogen and oxygen atoms in total. The molecule has 2 aromatic carbocycles. The highest BCUT2D eigenvalue weighted by molar-refractivity contribution is 5.75. The van der Waals surface area contributed by atoms with Crippen molar-refractivity contribution in [2.45, 2.75) is 25.9 Å². The normalized spacial score (nSPS) is 11.2. The van der Waals surface area contributed by atoms with Gasteiger partial charge in [0.15, 0.2) is 0 Å². The first-order chi connectivity index (χ1) is 14.4. The van der Waals surface area contributed by atoms with Crippen LogP contribution in [0.3, 0.4) is 0 Å². The lowest BCUT2D eigenvalue weighted by Gasteiger charge is -2.16. The minimum Gasteiger partial charge on any atom is -0.385 e. The summed E-state index contributed by atoms with van der Waals surface area (Å²) in [6, 6.07) is 13.3. The Morgan fingerprint density at radius 1 is 1.07 bits per heavy atom. The fourth-order valence-electron chi connectivity index (χ4n) is 2.78. The minimum atomic E-state index is -4.38. The smallest absolute Gasteiger partial charge is 0.385 e. The summed E-state index contributed by atoms with van der Waals surface area (Å²) in [6.45, 7) is 10.7. The molecule has 0 aliphatic rings. The molecule has 0 fully saturated rings. The molecule has 162 valence electrons. The summed E-state index contributed by atoms with van der Waals surface area (Å²) < 4.78 is 39.5. The fourth-order valence-corrected chi connectivity index (χ4v) is 2.78. The molecule has 2 aromatic rings. The van der Waals surface area contributed by atoms with E-state index in [1.165, 1.54) is 19.2 Å². The lowest BCUT2D eigenvalue weighted by Crippen LogP contribution is -2.13. The van der Waals surface area contributed by atoms with E-state index in [0.29, 0.717) is 11.4 Å². The highest BCUT2D eigenvalue weighted by Crippen LogP contribution is 2.32. The fraction of sp³-hybridized carbons (Fsp3) is 0.250. The zero-order valence-corrected chi connectivity index (χ0v) is 17.5. The number of rotatable bonds is 9. The summed E-state index contributed by atoms with van der Waals surface area (Å²) >= 11 is 0. The summed E-state index contributed by atoms with van der Waals surface area (Å²) in [6.07, 6.45) is 0.00566. The summed E-state index contributed by atoms with van der Waals surface area (Å²) in [5.74, 6) is 0. The molecule has 0 spiro atoms. The van der Waals surface area contributed by atoms with Crippen LogP contribution in [0.25, 0.3) is 5.70 Å². The van der Waals surface area contributed by atoms with Crippen molar-refractivity contribution in [1.29, 1.82) is 0 Å². The molecule has 0 aromatic heterocycles. The Balaban J connectivity index is 0.00000218. The van der Waals surface area contributed by atoms with Gasteiger partial charge in [0.1, 0.15) is 0 Å². The predicted molar refractivity (Wildman–Crippen MR) is 121 cm³/mol. The van der Waals surface area contributed by atoms with Gasteiger partial charge in [-0.05, 0) is 43.7 Å². The molecule has 2 rings (SSSR count). The molecule has 4 N–H and O–H groups in total. The van der Waals surface area contributed by atoms with Gasteiger partial charge in [0.25, 0.3) is 0 Å². The van der Waals surface area contributed by atoms with E-state index in [2.05, 4.69) is 36.4 Å². The zero-order chi connectivity index (χ0) is 22.6. The summed E-state index contributed by atoms with van der Waals surface area (Å²) in [5.41, 5.74) is 7.20. The van der Waals surface area contributed by atoms with Gasteiger partial charge in [-0.25, -0.2) is 0 Å². The number of nitrogens with two attached hydrogens (primary N) is 1. The first kappa shape index (κ1) is 25.0. The van der Waals surface area contributed by atoms with Gasteiger partial charge >= 0.3 is 6.18 Å². The van der Waals surface area contributed by atoms with Crippen molar-refractivity contribution in [3.63, 3.8) is 0 Å². The molecule has 30 heavy (non-hydrogen) atoms. The van der Waals surface area contributed by atoms with E-state index < -0.39 is 11.7 Å². The van der Waals surface area contributed by atoms with Gasteiger partial charge in [0.2, 0.25) is 0 Å². The van der Waals surface area contributed by atoms with E-state index in [0.717, 1.165) is 30.3 Å². The average Bonchev–Trinajstić information content (AvgIpc) is 2.76. The Hall–Kier alpha value is -2.99. The second-order valence-electron chi connectivity index (χ2n) is 6.30. The molecule has 0 heterocycles. The number of hydrogen-bond acceptors (Lipinski definition) is 3. The number of para-hydroxylation sites is 1. The minimum absolute atomic E-state index is 0.132. The lowest BCUT2D eigenvalue weighted by molar-refractivity contribution is -0.138. The van der Waals surface area contributed by atoms with Crippen molar-refractivity contribution >= 4 is 11.4 Å².